The van der Waals surface area contributed by atoms with Gasteiger partial charge in [0.1, 0.15) is 17.2 Å². The Labute approximate surface area is 262 Å². The van der Waals surface area contributed by atoms with Gasteiger partial charge in [-0.2, -0.15) is 0 Å². The van der Waals surface area contributed by atoms with E-state index in [4.69, 9.17) is 4.42 Å². The van der Waals surface area contributed by atoms with Crippen LogP contribution in [0.25, 0.3) is 17.4 Å². The van der Waals surface area contributed by atoms with Crippen LogP contribution >= 0.6 is 11.8 Å². The van der Waals surface area contributed by atoms with E-state index in [0.29, 0.717) is 28.5 Å². The second-order valence-electron chi connectivity index (χ2n) is 9.57. The van der Waals surface area contributed by atoms with Gasteiger partial charge in [-0.25, -0.2) is 0 Å². The van der Waals surface area contributed by atoms with Gasteiger partial charge in [-0.15, -0.1) is 11.8 Å². The summed E-state index contributed by atoms with van der Waals surface area (Å²) in [6.07, 6.45) is 1.47. The number of non-ortho nitro benzene ring substituents is 1. The molecule has 5 rings (SSSR count). The molecule has 0 aliphatic rings. The van der Waals surface area contributed by atoms with Crippen molar-refractivity contribution in [3.05, 3.63) is 148 Å². The molecule has 0 aliphatic carbocycles. The van der Waals surface area contributed by atoms with E-state index in [2.05, 4.69) is 16.0 Å². The second-order valence-corrected chi connectivity index (χ2v) is 10.6. The average Bonchev–Trinajstić information content (AvgIpc) is 3.54. The van der Waals surface area contributed by atoms with E-state index in [-0.39, 0.29) is 23.0 Å². The number of carbonyl (C=O) groups is 3. The van der Waals surface area contributed by atoms with Crippen LogP contribution in [0, 0.1) is 10.1 Å². The number of carbonyl (C=O) groups excluding carboxylic acids is 3. The Morgan fingerprint density at radius 2 is 1.38 bits per heavy atom. The number of rotatable bonds is 11. The first-order chi connectivity index (χ1) is 21.8. The lowest BCUT2D eigenvalue weighted by Crippen LogP contribution is -2.30. The second kappa shape index (κ2) is 14.5. The van der Waals surface area contributed by atoms with Gasteiger partial charge >= 0.3 is 0 Å². The van der Waals surface area contributed by atoms with E-state index in [0.717, 1.165) is 10.5 Å². The number of amides is 3. The van der Waals surface area contributed by atoms with Crippen LogP contribution < -0.4 is 16.0 Å². The molecule has 0 unspecified atom stereocenters. The summed E-state index contributed by atoms with van der Waals surface area (Å²) >= 11 is 1.28. The van der Waals surface area contributed by atoms with E-state index in [9.17, 15) is 24.5 Å². The molecule has 0 saturated heterocycles. The van der Waals surface area contributed by atoms with Gasteiger partial charge in [-0.3, -0.25) is 24.5 Å². The molecule has 0 radical (unpaired) electrons. The minimum atomic E-state index is -0.556. The maximum Gasteiger partial charge on any atom is 0.272 e. The van der Waals surface area contributed by atoms with Crippen LogP contribution in [0.2, 0.25) is 0 Å². The Balaban J connectivity index is 1.24. The third-order valence-electron chi connectivity index (χ3n) is 6.34. The van der Waals surface area contributed by atoms with Crippen molar-refractivity contribution in [2.24, 2.45) is 0 Å². The molecule has 3 amide bonds. The molecule has 0 atom stereocenters. The number of nitrogens with one attached hydrogen (secondary N) is 3. The van der Waals surface area contributed by atoms with Crippen LogP contribution in [-0.4, -0.2) is 28.4 Å². The number of hydrogen-bond donors (Lipinski definition) is 3. The number of benzene rings is 4. The third-order valence-corrected chi connectivity index (χ3v) is 7.36. The monoisotopic (exact) mass is 618 g/mol. The quantitative estimate of drug-likeness (QED) is 0.0626. The maximum atomic E-state index is 13.4. The highest BCUT2D eigenvalue weighted by Crippen LogP contribution is 2.24. The number of nitrogens with zero attached hydrogens (tertiary/aromatic N) is 1. The molecule has 4 aromatic carbocycles. The molecular formula is C34H26N4O6S. The number of nitro groups is 1. The lowest BCUT2D eigenvalue weighted by molar-refractivity contribution is -0.384. The van der Waals surface area contributed by atoms with Crippen LogP contribution in [0.5, 0.6) is 0 Å². The number of hydrogen-bond acceptors (Lipinski definition) is 7. The molecule has 10 nitrogen and oxygen atoms in total. The number of anilines is 2. The van der Waals surface area contributed by atoms with E-state index in [1.807, 2.05) is 30.3 Å². The molecule has 1 heterocycles. The van der Waals surface area contributed by atoms with Crippen molar-refractivity contribution < 1.29 is 23.7 Å². The summed E-state index contributed by atoms with van der Waals surface area (Å²) in [5, 5.41) is 19.0. The molecule has 1 aromatic heterocycles. The van der Waals surface area contributed by atoms with Crippen molar-refractivity contribution >= 4 is 52.6 Å². The fourth-order valence-electron chi connectivity index (χ4n) is 4.12. The molecule has 224 valence electrons. The highest BCUT2D eigenvalue weighted by atomic mass is 32.2. The van der Waals surface area contributed by atoms with Gasteiger partial charge in [0.2, 0.25) is 5.91 Å². The number of nitro benzene ring substituents is 1. The van der Waals surface area contributed by atoms with Crippen LogP contribution in [0.15, 0.2) is 136 Å². The van der Waals surface area contributed by atoms with Crippen LogP contribution in [0.3, 0.4) is 0 Å². The molecule has 0 bridgehead atoms. The molecule has 11 heteroatoms. The zero-order chi connectivity index (χ0) is 31.6. The predicted octanol–water partition coefficient (Wildman–Crippen LogP) is 7.00. The fourth-order valence-corrected chi connectivity index (χ4v) is 4.82. The number of furan rings is 1. The first-order valence-electron chi connectivity index (χ1n) is 13.7. The highest BCUT2D eigenvalue weighted by Gasteiger charge is 2.17. The SMILES string of the molecule is O=C(CSc1ccc(NC(=O)/C(=C\c2ccc(-c3ccccc3)o2)NC(=O)c2ccccc2)cc1)Nc1ccc([N+](=O)[O-])cc1. The summed E-state index contributed by atoms with van der Waals surface area (Å²) in [5.41, 5.74) is 2.12. The lowest BCUT2D eigenvalue weighted by atomic mass is 10.2. The summed E-state index contributed by atoms with van der Waals surface area (Å²) in [7, 11) is 0. The van der Waals surface area contributed by atoms with E-state index >= 15 is 0 Å². The minimum absolute atomic E-state index is 0.0146. The van der Waals surface area contributed by atoms with Gasteiger partial charge in [0.05, 0.1) is 10.7 Å². The summed E-state index contributed by atoms with van der Waals surface area (Å²) in [6, 6.07) is 34.0. The Morgan fingerprint density at radius 3 is 2.04 bits per heavy atom. The molecule has 3 N–H and O–H groups in total. The molecule has 0 saturated carbocycles. The molecule has 5 aromatic rings. The first kappa shape index (κ1) is 30.5. The zero-order valence-corrected chi connectivity index (χ0v) is 24.5. The summed E-state index contributed by atoms with van der Waals surface area (Å²) in [4.78, 5) is 49.7. The molecule has 0 aliphatic heterocycles. The topological polar surface area (TPSA) is 144 Å². The van der Waals surface area contributed by atoms with Crippen LogP contribution in [0.1, 0.15) is 16.1 Å². The van der Waals surface area contributed by atoms with Crippen LogP contribution in [-0.2, 0) is 9.59 Å². The molecule has 0 spiro atoms. The smallest absolute Gasteiger partial charge is 0.272 e. The van der Waals surface area contributed by atoms with E-state index in [1.54, 1.807) is 66.7 Å². The zero-order valence-electron chi connectivity index (χ0n) is 23.6. The van der Waals surface area contributed by atoms with Crippen molar-refractivity contribution in [2.45, 2.75) is 4.90 Å². The largest absolute Gasteiger partial charge is 0.457 e. The standard InChI is InChI=1S/C34H26N4O6S/c39-32(35-25-11-15-27(16-12-25)38(42)43)22-45-29-18-13-26(14-19-29)36-34(41)30(37-33(40)24-9-5-2-6-10-24)21-28-17-20-31(44-28)23-7-3-1-4-8-23/h1-21H,22H2,(H,35,39)(H,36,41)(H,37,40)/b30-21+. The normalized spacial score (nSPS) is 11.0. The Bertz CT molecular complexity index is 1840. The number of thioether (sulfide) groups is 1. The van der Waals surface area contributed by atoms with Gasteiger partial charge in [-0.1, -0.05) is 48.5 Å². The predicted molar refractivity (Wildman–Crippen MR) is 174 cm³/mol. The van der Waals surface area contributed by atoms with Gasteiger partial charge in [0, 0.05) is 45.6 Å². The van der Waals surface area contributed by atoms with Gasteiger partial charge < -0.3 is 20.4 Å². The van der Waals surface area contributed by atoms with Crippen molar-refractivity contribution in [1.82, 2.24) is 5.32 Å². The summed E-state index contributed by atoms with van der Waals surface area (Å²) in [6.45, 7) is 0. The third kappa shape index (κ3) is 8.55. The van der Waals surface area contributed by atoms with Crippen molar-refractivity contribution in [1.29, 1.82) is 0 Å². The molecule has 45 heavy (non-hydrogen) atoms. The van der Waals surface area contributed by atoms with Crippen LogP contribution in [0.4, 0.5) is 17.1 Å². The highest BCUT2D eigenvalue weighted by molar-refractivity contribution is 8.00. The minimum Gasteiger partial charge on any atom is -0.457 e. The van der Waals surface area contributed by atoms with Crippen molar-refractivity contribution in [2.75, 3.05) is 16.4 Å². The Morgan fingerprint density at radius 1 is 0.756 bits per heavy atom. The fraction of sp³-hybridized carbons (Fsp3) is 0.0294. The van der Waals surface area contributed by atoms with E-state index < -0.39 is 16.7 Å². The summed E-state index contributed by atoms with van der Waals surface area (Å²) < 4.78 is 5.93. The summed E-state index contributed by atoms with van der Waals surface area (Å²) in [5.74, 6) is -0.180. The van der Waals surface area contributed by atoms with Crippen molar-refractivity contribution in [3.8, 4) is 11.3 Å². The Kier molecular flexibility index (Phi) is 9.83. The molecule has 0 fully saturated rings. The van der Waals surface area contributed by atoms with Gasteiger partial charge in [-0.05, 0) is 60.7 Å². The van der Waals surface area contributed by atoms with Gasteiger partial charge in [0.15, 0.2) is 0 Å². The Hall–Kier alpha value is -5.94. The van der Waals surface area contributed by atoms with Gasteiger partial charge in [0.25, 0.3) is 17.5 Å². The molecular weight excluding hydrogens is 592 g/mol. The van der Waals surface area contributed by atoms with Crippen molar-refractivity contribution in [3.63, 3.8) is 0 Å². The maximum absolute atomic E-state index is 13.4. The average molecular weight is 619 g/mol. The van der Waals surface area contributed by atoms with E-state index in [1.165, 1.54) is 42.1 Å². The first-order valence-corrected chi connectivity index (χ1v) is 14.6. The lowest BCUT2D eigenvalue weighted by Gasteiger charge is -2.11.